The van der Waals surface area contributed by atoms with Gasteiger partial charge in [-0.15, -0.1) is 6.58 Å². The van der Waals surface area contributed by atoms with Crippen LogP contribution in [-0.2, 0) is 6.54 Å². The maximum Gasteiger partial charge on any atom is 0.283 e. The number of hydrogen-bond donors (Lipinski definition) is 2. The van der Waals surface area contributed by atoms with Crippen LogP contribution in [0.2, 0.25) is 0 Å². The molecule has 0 amide bonds. The minimum absolute atomic E-state index is 0.190. The highest BCUT2D eigenvalue weighted by atomic mass is 79.9. The summed E-state index contributed by atoms with van der Waals surface area (Å²) in [6.45, 7) is 8.32. The molecule has 0 atom stereocenters. The van der Waals surface area contributed by atoms with Crippen LogP contribution in [0.5, 0.6) is 0 Å². The number of nitrogens with zero attached hydrogens (tertiary/aromatic N) is 2. The molecule has 6 heteroatoms. The van der Waals surface area contributed by atoms with Crippen molar-refractivity contribution >= 4 is 21.6 Å². The van der Waals surface area contributed by atoms with E-state index in [1.807, 2.05) is 13.8 Å². The summed E-state index contributed by atoms with van der Waals surface area (Å²) in [6.07, 6.45) is 3.22. The maximum absolute atomic E-state index is 11.8. The van der Waals surface area contributed by atoms with Gasteiger partial charge >= 0.3 is 0 Å². The molecule has 1 heterocycles. The lowest BCUT2D eigenvalue weighted by atomic mass is 10.1. The number of aromatic nitrogens is 2. The zero-order chi connectivity index (χ0) is 13.1. The summed E-state index contributed by atoms with van der Waals surface area (Å²) in [4.78, 5) is 11.8. The summed E-state index contributed by atoms with van der Waals surface area (Å²) in [5.41, 5.74) is 5.96. The molecule has 0 fully saturated rings. The zero-order valence-corrected chi connectivity index (χ0v) is 11.6. The van der Waals surface area contributed by atoms with Gasteiger partial charge in [0.1, 0.15) is 4.47 Å². The zero-order valence-electron chi connectivity index (χ0n) is 10.0. The van der Waals surface area contributed by atoms with Crippen molar-refractivity contribution in [2.45, 2.75) is 25.9 Å². The molecule has 0 radical (unpaired) electrons. The Morgan fingerprint density at radius 3 is 2.88 bits per heavy atom. The number of rotatable bonds is 5. The minimum atomic E-state index is -0.352. The molecule has 0 aliphatic heterocycles. The third-order valence-electron chi connectivity index (χ3n) is 2.02. The second kappa shape index (κ2) is 5.46. The van der Waals surface area contributed by atoms with Gasteiger partial charge in [0, 0.05) is 12.1 Å². The minimum Gasteiger partial charge on any atom is -0.381 e. The highest BCUT2D eigenvalue weighted by molar-refractivity contribution is 9.10. The fourth-order valence-electron chi connectivity index (χ4n) is 1.16. The second-order valence-electron chi connectivity index (χ2n) is 4.49. The van der Waals surface area contributed by atoms with Crippen LogP contribution in [0.1, 0.15) is 13.8 Å². The molecule has 0 spiro atoms. The molecule has 3 N–H and O–H groups in total. The number of nitrogens with one attached hydrogen (secondary N) is 1. The van der Waals surface area contributed by atoms with Gasteiger partial charge in [0.15, 0.2) is 0 Å². The van der Waals surface area contributed by atoms with Crippen LogP contribution < -0.4 is 16.6 Å². The Morgan fingerprint density at radius 2 is 2.35 bits per heavy atom. The van der Waals surface area contributed by atoms with Crippen LogP contribution in [0.25, 0.3) is 0 Å². The van der Waals surface area contributed by atoms with Crippen LogP contribution in [0.3, 0.4) is 0 Å². The molecule has 1 aromatic heterocycles. The van der Waals surface area contributed by atoms with E-state index in [4.69, 9.17) is 5.73 Å². The fourth-order valence-corrected chi connectivity index (χ4v) is 1.61. The van der Waals surface area contributed by atoms with E-state index in [0.717, 1.165) is 0 Å². The first-order valence-electron chi connectivity index (χ1n) is 5.24. The summed E-state index contributed by atoms with van der Waals surface area (Å²) in [5.74, 6) is 0. The van der Waals surface area contributed by atoms with Gasteiger partial charge in [-0.2, -0.15) is 5.10 Å². The molecular weight excluding hydrogens is 284 g/mol. The maximum atomic E-state index is 11.8. The molecule has 0 unspecified atom stereocenters. The Bertz CT molecular complexity index is 462. The molecule has 0 saturated heterocycles. The first kappa shape index (κ1) is 13.9. The topological polar surface area (TPSA) is 72.9 Å². The van der Waals surface area contributed by atoms with E-state index in [2.05, 4.69) is 32.9 Å². The number of nitrogens with two attached hydrogens (primary N) is 1. The van der Waals surface area contributed by atoms with Gasteiger partial charge in [-0.1, -0.05) is 6.08 Å². The molecule has 5 nitrogen and oxygen atoms in total. The average Bonchev–Trinajstić information content (AvgIpc) is 2.23. The highest BCUT2D eigenvalue weighted by Crippen LogP contribution is 2.16. The summed E-state index contributed by atoms with van der Waals surface area (Å²) in [7, 11) is 0. The van der Waals surface area contributed by atoms with Gasteiger partial charge in [0.25, 0.3) is 5.56 Å². The lowest BCUT2D eigenvalue weighted by Gasteiger charge is -2.20. The Balaban J connectivity index is 2.93. The Labute approximate surface area is 109 Å². The van der Waals surface area contributed by atoms with Gasteiger partial charge in [-0.05, 0) is 29.8 Å². The Hall–Kier alpha value is -1.14. The quantitative estimate of drug-likeness (QED) is 0.805. The third kappa shape index (κ3) is 3.98. The van der Waals surface area contributed by atoms with E-state index in [1.165, 1.54) is 4.68 Å². The van der Waals surface area contributed by atoms with Crippen molar-refractivity contribution in [3.8, 4) is 0 Å². The van der Waals surface area contributed by atoms with E-state index in [0.29, 0.717) is 23.2 Å². The van der Waals surface area contributed by atoms with E-state index >= 15 is 0 Å². The monoisotopic (exact) mass is 300 g/mol. The lowest BCUT2D eigenvalue weighted by Crippen LogP contribution is -2.40. The van der Waals surface area contributed by atoms with Crippen molar-refractivity contribution in [1.82, 2.24) is 9.78 Å². The largest absolute Gasteiger partial charge is 0.381 e. The normalized spacial score (nSPS) is 11.3. The van der Waals surface area contributed by atoms with Gasteiger partial charge in [-0.25, -0.2) is 4.68 Å². The lowest BCUT2D eigenvalue weighted by molar-refractivity contribution is 0.548. The van der Waals surface area contributed by atoms with Crippen molar-refractivity contribution in [3.63, 3.8) is 0 Å². The predicted octanol–water partition coefficient (Wildman–Crippen LogP) is 1.34. The van der Waals surface area contributed by atoms with Crippen LogP contribution in [0.4, 0.5) is 5.69 Å². The number of anilines is 1. The average molecular weight is 301 g/mol. The molecule has 0 aromatic carbocycles. The van der Waals surface area contributed by atoms with Gasteiger partial charge in [0.2, 0.25) is 0 Å². The highest BCUT2D eigenvalue weighted by Gasteiger charge is 2.13. The molecule has 1 rings (SSSR count). The molecule has 94 valence electrons. The van der Waals surface area contributed by atoms with E-state index < -0.39 is 0 Å². The van der Waals surface area contributed by atoms with Gasteiger partial charge in [-0.3, -0.25) is 4.79 Å². The summed E-state index contributed by atoms with van der Waals surface area (Å²) in [5, 5.41) is 7.12. The summed E-state index contributed by atoms with van der Waals surface area (Å²) >= 11 is 3.26. The van der Waals surface area contributed by atoms with E-state index in [-0.39, 0.29) is 11.1 Å². The Morgan fingerprint density at radius 1 is 1.71 bits per heavy atom. The van der Waals surface area contributed by atoms with Gasteiger partial charge in [0.05, 0.1) is 18.4 Å². The van der Waals surface area contributed by atoms with Crippen molar-refractivity contribution < 1.29 is 0 Å². The molecule has 17 heavy (non-hydrogen) atoms. The molecule has 1 aromatic rings. The molecule has 0 bridgehead atoms. The van der Waals surface area contributed by atoms with E-state index in [9.17, 15) is 4.79 Å². The predicted molar refractivity (Wildman–Crippen MR) is 73.2 cm³/mol. The molecule has 0 saturated carbocycles. The van der Waals surface area contributed by atoms with Crippen LogP contribution >= 0.6 is 15.9 Å². The molecule has 0 aliphatic rings. The Kier molecular flexibility index (Phi) is 4.47. The number of halogens is 1. The summed E-state index contributed by atoms with van der Waals surface area (Å²) < 4.78 is 1.79. The van der Waals surface area contributed by atoms with Gasteiger partial charge < -0.3 is 11.1 Å². The SMILES string of the molecule is C=CCn1ncc(NCC(C)(C)N)c(Br)c1=O. The number of allylic oxidation sites excluding steroid dienone is 1. The van der Waals surface area contributed by atoms with Crippen molar-refractivity contribution in [3.05, 3.63) is 33.7 Å². The van der Waals surface area contributed by atoms with Crippen molar-refractivity contribution in [1.29, 1.82) is 0 Å². The smallest absolute Gasteiger partial charge is 0.283 e. The summed E-state index contributed by atoms with van der Waals surface area (Å²) in [6, 6.07) is 0. The third-order valence-corrected chi connectivity index (χ3v) is 2.79. The van der Waals surface area contributed by atoms with E-state index in [1.54, 1.807) is 12.3 Å². The standard InChI is InChI=1S/C11H17BrN4O/c1-4-5-16-10(17)9(12)8(6-15-16)14-7-11(2,3)13/h4,6,14H,1,5,7,13H2,2-3H3. The second-order valence-corrected chi connectivity index (χ2v) is 5.28. The van der Waals surface area contributed by atoms with Crippen LogP contribution in [-0.4, -0.2) is 21.9 Å². The number of hydrogen-bond acceptors (Lipinski definition) is 4. The van der Waals surface area contributed by atoms with Crippen molar-refractivity contribution in [2.75, 3.05) is 11.9 Å². The first-order chi connectivity index (χ1) is 7.85. The fraction of sp³-hybridized carbons (Fsp3) is 0.455. The molecule has 0 aliphatic carbocycles. The first-order valence-corrected chi connectivity index (χ1v) is 6.04. The van der Waals surface area contributed by atoms with Crippen LogP contribution in [0.15, 0.2) is 28.1 Å². The van der Waals surface area contributed by atoms with Crippen LogP contribution in [0, 0.1) is 0 Å². The molecular formula is C11H17BrN4O. The van der Waals surface area contributed by atoms with Crippen molar-refractivity contribution in [2.24, 2.45) is 5.73 Å².